The minimum Gasteiger partial charge on any atom is -0.483 e. The molecule has 0 aromatic heterocycles. The van der Waals surface area contributed by atoms with Crippen LogP contribution in [-0.2, 0) is 14.6 Å². The standard InChI is InChI=1S/C17H25NO4S/c1-12(2)14-6-5-13(3)16(9-14)22-10-17(19)18(4)15-7-8-23(20,21)11-15/h5-6,9,12,15H,7-8,10-11H2,1-4H3. The molecule has 0 radical (unpaired) electrons. The maximum absolute atomic E-state index is 12.3. The van der Waals surface area contributed by atoms with Gasteiger partial charge < -0.3 is 9.64 Å². The molecule has 0 saturated carbocycles. The van der Waals surface area contributed by atoms with Gasteiger partial charge in [0.15, 0.2) is 16.4 Å². The predicted molar refractivity (Wildman–Crippen MR) is 90.6 cm³/mol. The molecule has 0 bridgehead atoms. The summed E-state index contributed by atoms with van der Waals surface area (Å²) in [4.78, 5) is 13.8. The van der Waals surface area contributed by atoms with E-state index in [4.69, 9.17) is 4.74 Å². The van der Waals surface area contributed by atoms with Crippen LogP contribution in [0.5, 0.6) is 5.75 Å². The predicted octanol–water partition coefficient (Wildman–Crippen LogP) is 2.14. The van der Waals surface area contributed by atoms with Crippen LogP contribution in [0, 0.1) is 6.92 Å². The van der Waals surface area contributed by atoms with Crippen LogP contribution in [0.25, 0.3) is 0 Å². The molecule has 1 fully saturated rings. The van der Waals surface area contributed by atoms with Gasteiger partial charge in [-0.05, 0) is 36.5 Å². The Kier molecular flexibility index (Phi) is 5.34. The molecule has 5 nitrogen and oxygen atoms in total. The van der Waals surface area contributed by atoms with Gasteiger partial charge in [-0.1, -0.05) is 26.0 Å². The Morgan fingerprint density at radius 1 is 1.39 bits per heavy atom. The van der Waals surface area contributed by atoms with E-state index >= 15 is 0 Å². The number of likely N-dealkylation sites (N-methyl/N-ethyl adjacent to an activating group) is 1. The molecule has 1 heterocycles. The van der Waals surface area contributed by atoms with E-state index in [1.54, 1.807) is 7.05 Å². The van der Waals surface area contributed by atoms with Gasteiger partial charge in [-0.3, -0.25) is 4.79 Å². The summed E-state index contributed by atoms with van der Waals surface area (Å²) in [6.45, 7) is 6.08. The Labute approximate surface area is 138 Å². The van der Waals surface area contributed by atoms with Gasteiger partial charge in [0.05, 0.1) is 11.5 Å². The second kappa shape index (κ2) is 6.91. The van der Waals surface area contributed by atoms with Crippen molar-refractivity contribution in [2.75, 3.05) is 25.2 Å². The number of hydrogen-bond donors (Lipinski definition) is 0. The van der Waals surface area contributed by atoms with Crippen LogP contribution in [0.2, 0.25) is 0 Å². The van der Waals surface area contributed by atoms with E-state index in [2.05, 4.69) is 19.9 Å². The maximum Gasteiger partial charge on any atom is 0.260 e. The zero-order valence-corrected chi connectivity index (χ0v) is 15.0. The van der Waals surface area contributed by atoms with Crippen LogP contribution in [0.15, 0.2) is 18.2 Å². The van der Waals surface area contributed by atoms with Crippen LogP contribution >= 0.6 is 0 Å². The summed E-state index contributed by atoms with van der Waals surface area (Å²) in [5.74, 6) is 1.11. The quantitative estimate of drug-likeness (QED) is 0.824. The summed E-state index contributed by atoms with van der Waals surface area (Å²) in [5.41, 5.74) is 2.14. The van der Waals surface area contributed by atoms with Crippen molar-refractivity contribution in [2.45, 2.75) is 39.2 Å². The number of rotatable bonds is 5. The highest BCUT2D eigenvalue weighted by molar-refractivity contribution is 7.91. The summed E-state index contributed by atoms with van der Waals surface area (Å²) >= 11 is 0. The first kappa shape index (κ1) is 17.8. The average Bonchev–Trinajstić information content (AvgIpc) is 2.85. The normalized spacial score (nSPS) is 19.8. The molecule has 1 aromatic rings. The van der Waals surface area contributed by atoms with Crippen molar-refractivity contribution < 1.29 is 17.9 Å². The third-order valence-corrected chi connectivity index (χ3v) is 6.13. The second-order valence-corrected chi connectivity index (χ2v) is 8.76. The minimum atomic E-state index is -3.00. The molecule has 1 amide bonds. The molecule has 0 spiro atoms. The molecule has 1 unspecified atom stereocenters. The fourth-order valence-corrected chi connectivity index (χ4v) is 4.43. The number of ether oxygens (including phenoxy) is 1. The molecule has 1 aliphatic heterocycles. The summed E-state index contributed by atoms with van der Waals surface area (Å²) in [7, 11) is -1.35. The Morgan fingerprint density at radius 3 is 2.65 bits per heavy atom. The molecule has 1 saturated heterocycles. The van der Waals surface area contributed by atoms with Crippen molar-refractivity contribution in [1.82, 2.24) is 4.90 Å². The van der Waals surface area contributed by atoms with Crippen molar-refractivity contribution in [3.8, 4) is 5.75 Å². The van der Waals surface area contributed by atoms with E-state index in [0.717, 1.165) is 11.1 Å². The van der Waals surface area contributed by atoms with E-state index in [0.29, 0.717) is 18.1 Å². The van der Waals surface area contributed by atoms with Gasteiger partial charge >= 0.3 is 0 Å². The number of nitrogens with zero attached hydrogens (tertiary/aromatic N) is 1. The molecule has 1 aromatic carbocycles. The number of amides is 1. The maximum atomic E-state index is 12.3. The largest absolute Gasteiger partial charge is 0.483 e. The lowest BCUT2D eigenvalue weighted by molar-refractivity contribution is -0.133. The Morgan fingerprint density at radius 2 is 2.09 bits per heavy atom. The zero-order valence-electron chi connectivity index (χ0n) is 14.2. The molecular formula is C17H25NO4S. The SMILES string of the molecule is Cc1ccc(C(C)C)cc1OCC(=O)N(C)C1CCS(=O)(=O)C1. The second-order valence-electron chi connectivity index (χ2n) is 6.53. The van der Waals surface area contributed by atoms with Gasteiger partial charge in [-0.2, -0.15) is 0 Å². The molecule has 1 aliphatic rings. The number of carbonyl (C=O) groups excluding carboxylic acids is 1. The Hall–Kier alpha value is -1.56. The minimum absolute atomic E-state index is 0.0527. The van der Waals surface area contributed by atoms with E-state index in [1.165, 1.54) is 4.90 Å². The Balaban J connectivity index is 1.98. The molecule has 0 N–H and O–H groups in total. The molecule has 6 heteroatoms. The Bertz CT molecular complexity index is 682. The van der Waals surface area contributed by atoms with Gasteiger partial charge in [-0.25, -0.2) is 8.42 Å². The highest BCUT2D eigenvalue weighted by Gasteiger charge is 2.32. The van der Waals surface area contributed by atoms with Gasteiger partial charge in [-0.15, -0.1) is 0 Å². The molecule has 2 rings (SSSR count). The first-order chi connectivity index (χ1) is 10.7. The molecular weight excluding hydrogens is 314 g/mol. The lowest BCUT2D eigenvalue weighted by Gasteiger charge is -2.23. The topological polar surface area (TPSA) is 63.7 Å². The van der Waals surface area contributed by atoms with Crippen molar-refractivity contribution >= 4 is 15.7 Å². The highest BCUT2D eigenvalue weighted by atomic mass is 32.2. The van der Waals surface area contributed by atoms with E-state index in [9.17, 15) is 13.2 Å². The van der Waals surface area contributed by atoms with Crippen LogP contribution in [-0.4, -0.2) is 50.4 Å². The highest BCUT2D eigenvalue weighted by Crippen LogP contribution is 2.24. The number of carbonyl (C=O) groups is 1. The van der Waals surface area contributed by atoms with Gasteiger partial charge in [0.2, 0.25) is 0 Å². The van der Waals surface area contributed by atoms with Gasteiger partial charge in [0, 0.05) is 13.1 Å². The van der Waals surface area contributed by atoms with Crippen molar-refractivity contribution in [3.63, 3.8) is 0 Å². The van der Waals surface area contributed by atoms with E-state index in [-0.39, 0.29) is 30.1 Å². The van der Waals surface area contributed by atoms with Crippen LogP contribution in [0.3, 0.4) is 0 Å². The fraction of sp³-hybridized carbons (Fsp3) is 0.588. The third kappa shape index (κ3) is 4.47. The first-order valence-electron chi connectivity index (χ1n) is 7.89. The number of benzene rings is 1. The van der Waals surface area contributed by atoms with E-state index < -0.39 is 9.84 Å². The molecule has 23 heavy (non-hydrogen) atoms. The van der Waals surface area contributed by atoms with Gasteiger partial charge in [0.25, 0.3) is 5.91 Å². The number of aryl methyl sites for hydroxylation is 1. The number of sulfone groups is 1. The number of hydrogen-bond acceptors (Lipinski definition) is 4. The fourth-order valence-electron chi connectivity index (χ4n) is 2.66. The smallest absolute Gasteiger partial charge is 0.260 e. The molecule has 1 atom stereocenters. The van der Waals surface area contributed by atoms with Crippen LogP contribution in [0.1, 0.15) is 37.3 Å². The van der Waals surface area contributed by atoms with Crippen LogP contribution < -0.4 is 4.74 Å². The third-order valence-electron chi connectivity index (χ3n) is 4.38. The first-order valence-corrected chi connectivity index (χ1v) is 9.71. The van der Waals surface area contributed by atoms with E-state index in [1.807, 2.05) is 19.1 Å². The van der Waals surface area contributed by atoms with Crippen LogP contribution in [0.4, 0.5) is 0 Å². The zero-order chi connectivity index (χ0) is 17.2. The van der Waals surface area contributed by atoms with Gasteiger partial charge in [0.1, 0.15) is 5.75 Å². The molecule has 0 aliphatic carbocycles. The average molecular weight is 339 g/mol. The van der Waals surface area contributed by atoms with Crippen molar-refractivity contribution in [3.05, 3.63) is 29.3 Å². The lowest BCUT2D eigenvalue weighted by atomic mass is 10.0. The van der Waals surface area contributed by atoms with Crippen molar-refractivity contribution in [1.29, 1.82) is 0 Å². The van der Waals surface area contributed by atoms with Crippen molar-refractivity contribution in [2.24, 2.45) is 0 Å². The summed E-state index contributed by atoms with van der Waals surface area (Å²) in [6.07, 6.45) is 0.506. The lowest BCUT2D eigenvalue weighted by Crippen LogP contribution is -2.40. The monoisotopic (exact) mass is 339 g/mol. The summed E-state index contributed by atoms with van der Waals surface area (Å²) in [5, 5.41) is 0. The summed E-state index contributed by atoms with van der Waals surface area (Å²) in [6, 6.07) is 5.78. The molecule has 128 valence electrons. The summed E-state index contributed by atoms with van der Waals surface area (Å²) < 4.78 is 28.7.